The SMILES string of the molecule is Cc1nnc(-c2ccc3cnc(CC(=O)c4ccnc(SC5CCN(C)CC5)c4)nc3c2)s1. The summed E-state index contributed by atoms with van der Waals surface area (Å²) in [6.45, 7) is 4.15. The second-order valence-electron chi connectivity index (χ2n) is 8.29. The number of aryl methyl sites for hydroxylation is 1. The fourth-order valence-corrected chi connectivity index (χ4v) is 5.65. The molecule has 0 bridgehead atoms. The highest BCUT2D eigenvalue weighted by atomic mass is 32.2. The Balaban J connectivity index is 1.31. The number of rotatable bonds is 6. The van der Waals surface area contributed by atoms with Gasteiger partial charge in [-0.05, 0) is 58.1 Å². The minimum Gasteiger partial charge on any atom is -0.306 e. The monoisotopic (exact) mass is 476 g/mol. The van der Waals surface area contributed by atoms with Gasteiger partial charge in [0.1, 0.15) is 15.8 Å². The number of carbonyl (C=O) groups excluding carboxylic acids is 1. The van der Waals surface area contributed by atoms with Crippen LogP contribution in [-0.2, 0) is 6.42 Å². The lowest BCUT2D eigenvalue weighted by Gasteiger charge is -2.28. The number of nitrogens with zero attached hydrogens (tertiary/aromatic N) is 6. The Kier molecular flexibility index (Phi) is 6.43. The number of hydrogen-bond acceptors (Lipinski definition) is 9. The van der Waals surface area contributed by atoms with Gasteiger partial charge in [-0.1, -0.05) is 23.5 Å². The van der Waals surface area contributed by atoms with E-state index in [0.717, 1.165) is 57.4 Å². The lowest BCUT2D eigenvalue weighted by atomic mass is 10.1. The van der Waals surface area contributed by atoms with E-state index in [1.807, 2.05) is 31.2 Å². The van der Waals surface area contributed by atoms with Crippen LogP contribution in [0.3, 0.4) is 0 Å². The van der Waals surface area contributed by atoms with E-state index in [2.05, 4.69) is 37.1 Å². The molecule has 4 aromatic rings. The van der Waals surface area contributed by atoms with E-state index >= 15 is 0 Å². The Morgan fingerprint density at radius 3 is 2.79 bits per heavy atom. The van der Waals surface area contributed by atoms with E-state index in [4.69, 9.17) is 0 Å². The molecule has 3 aromatic heterocycles. The molecule has 4 heterocycles. The summed E-state index contributed by atoms with van der Waals surface area (Å²) >= 11 is 3.32. The Labute approximate surface area is 200 Å². The van der Waals surface area contributed by atoms with Gasteiger partial charge in [0.05, 0.1) is 17.0 Å². The minimum atomic E-state index is -0.00196. The average Bonchev–Trinajstić information content (AvgIpc) is 3.26. The molecule has 7 nitrogen and oxygen atoms in total. The number of carbonyl (C=O) groups is 1. The summed E-state index contributed by atoms with van der Waals surface area (Å²) in [4.78, 5) is 28.9. The highest BCUT2D eigenvalue weighted by Crippen LogP contribution is 2.29. The second-order valence-corrected chi connectivity index (χ2v) is 10.8. The van der Waals surface area contributed by atoms with E-state index < -0.39 is 0 Å². The number of aromatic nitrogens is 5. The fourth-order valence-electron chi connectivity index (χ4n) is 3.86. The van der Waals surface area contributed by atoms with Crippen molar-refractivity contribution in [2.45, 2.75) is 36.5 Å². The maximum absolute atomic E-state index is 13.0. The van der Waals surface area contributed by atoms with Crippen LogP contribution in [0.25, 0.3) is 21.5 Å². The van der Waals surface area contributed by atoms with Crippen molar-refractivity contribution in [3.05, 3.63) is 59.1 Å². The molecule has 0 spiro atoms. The zero-order chi connectivity index (χ0) is 22.8. The van der Waals surface area contributed by atoms with Gasteiger partial charge in [0, 0.05) is 34.2 Å². The van der Waals surface area contributed by atoms with Gasteiger partial charge in [0.2, 0.25) is 0 Å². The molecular weight excluding hydrogens is 452 g/mol. The van der Waals surface area contributed by atoms with E-state index in [0.29, 0.717) is 16.6 Å². The van der Waals surface area contributed by atoms with Crippen LogP contribution in [-0.4, -0.2) is 61.2 Å². The number of Topliss-reactive ketones (excluding diaryl/α,β-unsaturated/α-hetero) is 1. The molecule has 0 atom stereocenters. The van der Waals surface area contributed by atoms with Gasteiger partial charge in [0.25, 0.3) is 0 Å². The molecule has 1 aliphatic heterocycles. The summed E-state index contributed by atoms with van der Waals surface area (Å²) < 4.78 is 0. The normalized spacial score (nSPS) is 15.2. The van der Waals surface area contributed by atoms with E-state index in [1.54, 1.807) is 41.6 Å². The van der Waals surface area contributed by atoms with E-state index in [-0.39, 0.29) is 12.2 Å². The van der Waals surface area contributed by atoms with E-state index in [1.165, 1.54) is 0 Å². The van der Waals surface area contributed by atoms with Crippen LogP contribution in [0.1, 0.15) is 34.0 Å². The van der Waals surface area contributed by atoms with Crippen molar-refractivity contribution in [1.82, 2.24) is 30.0 Å². The maximum atomic E-state index is 13.0. The summed E-state index contributed by atoms with van der Waals surface area (Å²) in [5, 5.41) is 12.5. The van der Waals surface area contributed by atoms with Crippen LogP contribution in [0.4, 0.5) is 0 Å². The summed E-state index contributed by atoms with van der Waals surface area (Å²) in [6, 6.07) is 9.63. The molecule has 0 saturated carbocycles. The molecule has 0 amide bonds. The van der Waals surface area contributed by atoms with Crippen molar-refractivity contribution in [2.24, 2.45) is 0 Å². The quantitative estimate of drug-likeness (QED) is 0.377. The van der Waals surface area contributed by atoms with Crippen LogP contribution in [0.15, 0.2) is 47.8 Å². The van der Waals surface area contributed by atoms with Gasteiger partial charge in [-0.25, -0.2) is 15.0 Å². The number of likely N-dealkylation sites (tertiary alicyclic amines) is 1. The number of hydrogen-bond donors (Lipinski definition) is 0. The molecule has 1 aliphatic rings. The zero-order valence-electron chi connectivity index (χ0n) is 18.6. The summed E-state index contributed by atoms with van der Waals surface area (Å²) in [5.41, 5.74) is 2.42. The molecule has 0 N–H and O–H groups in total. The van der Waals surface area contributed by atoms with Gasteiger partial charge in [-0.15, -0.1) is 22.0 Å². The average molecular weight is 477 g/mol. The first kappa shape index (κ1) is 22.1. The highest BCUT2D eigenvalue weighted by Gasteiger charge is 2.19. The Bertz CT molecular complexity index is 1300. The smallest absolute Gasteiger partial charge is 0.170 e. The third-order valence-electron chi connectivity index (χ3n) is 5.73. The topological polar surface area (TPSA) is 84.8 Å². The lowest BCUT2D eigenvalue weighted by molar-refractivity contribution is 0.0990. The van der Waals surface area contributed by atoms with Crippen LogP contribution in [0.2, 0.25) is 0 Å². The van der Waals surface area contributed by atoms with Crippen LogP contribution in [0.5, 0.6) is 0 Å². The number of ketones is 1. The molecule has 0 aliphatic carbocycles. The minimum absolute atomic E-state index is 0.00196. The Morgan fingerprint density at radius 2 is 2.00 bits per heavy atom. The molecule has 168 valence electrons. The lowest BCUT2D eigenvalue weighted by Crippen LogP contribution is -2.31. The van der Waals surface area contributed by atoms with Crippen molar-refractivity contribution in [3.63, 3.8) is 0 Å². The number of benzene rings is 1. The summed E-state index contributed by atoms with van der Waals surface area (Å²) in [6.07, 6.45) is 5.94. The van der Waals surface area contributed by atoms with Crippen molar-refractivity contribution >= 4 is 39.8 Å². The van der Waals surface area contributed by atoms with Crippen LogP contribution < -0.4 is 0 Å². The number of thioether (sulfide) groups is 1. The first-order valence-corrected chi connectivity index (χ1v) is 12.6. The van der Waals surface area contributed by atoms with E-state index in [9.17, 15) is 4.79 Å². The number of pyridine rings is 1. The van der Waals surface area contributed by atoms with Crippen LogP contribution >= 0.6 is 23.1 Å². The third kappa shape index (κ3) is 5.26. The second kappa shape index (κ2) is 9.62. The molecule has 1 aromatic carbocycles. The van der Waals surface area contributed by atoms with Gasteiger partial charge in [0.15, 0.2) is 5.78 Å². The molecule has 0 unspecified atom stereocenters. The summed E-state index contributed by atoms with van der Waals surface area (Å²) in [5.74, 6) is 0.511. The molecule has 33 heavy (non-hydrogen) atoms. The number of piperidine rings is 1. The third-order valence-corrected chi connectivity index (χ3v) is 7.89. The zero-order valence-corrected chi connectivity index (χ0v) is 20.2. The first-order valence-electron chi connectivity index (χ1n) is 10.9. The molecular formula is C24H24N6OS2. The van der Waals surface area contributed by atoms with Gasteiger partial charge in [-0.3, -0.25) is 4.79 Å². The fraction of sp³-hybridized carbons (Fsp3) is 0.333. The standard InChI is InChI=1S/C24H24N6OS2/c1-15-28-29-24(32-15)17-3-4-18-14-26-22(27-20(18)11-17)13-21(31)16-5-8-25-23(12-16)33-19-6-9-30(2)10-7-19/h3-5,8,11-12,14,19H,6-7,9-10,13H2,1-2H3. The van der Waals surface area contributed by atoms with Gasteiger partial charge in [-0.2, -0.15) is 0 Å². The predicted molar refractivity (Wildman–Crippen MR) is 132 cm³/mol. The Hall–Kier alpha value is -2.75. The first-order chi connectivity index (χ1) is 16.0. The molecule has 5 rings (SSSR count). The predicted octanol–water partition coefficient (Wildman–Crippen LogP) is 4.46. The van der Waals surface area contributed by atoms with Crippen LogP contribution in [0, 0.1) is 6.92 Å². The summed E-state index contributed by atoms with van der Waals surface area (Å²) in [7, 11) is 2.16. The molecule has 0 radical (unpaired) electrons. The van der Waals surface area contributed by atoms with Gasteiger partial charge >= 0.3 is 0 Å². The Morgan fingerprint density at radius 1 is 1.15 bits per heavy atom. The van der Waals surface area contributed by atoms with Crippen molar-refractivity contribution in [1.29, 1.82) is 0 Å². The van der Waals surface area contributed by atoms with Crippen molar-refractivity contribution < 1.29 is 4.79 Å². The molecule has 9 heteroatoms. The maximum Gasteiger partial charge on any atom is 0.170 e. The van der Waals surface area contributed by atoms with Crippen molar-refractivity contribution in [3.8, 4) is 10.6 Å². The highest BCUT2D eigenvalue weighted by molar-refractivity contribution is 7.99. The van der Waals surface area contributed by atoms with Crippen molar-refractivity contribution in [2.75, 3.05) is 20.1 Å². The molecule has 1 fully saturated rings. The van der Waals surface area contributed by atoms with Gasteiger partial charge < -0.3 is 4.90 Å². The largest absolute Gasteiger partial charge is 0.306 e. The number of fused-ring (bicyclic) bond motifs is 1. The molecule has 1 saturated heterocycles.